The van der Waals surface area contributed by atoms with Crippen molar-refractivity contribution in [2.45, 2.75) is 27.7 Å². The Hall–Kier alpha value is -2.29. The van der Waals surface area contributed by atoms with Crippen LogP contribution >= 0.6 is 0 Å². The van der Waals surface area contributed by atoms with E-state index < -0.39 is 5.97 Å². The van der Waals surface area contributed by atoms with E-state index in [-0.39, 0.29) is 0 Å². The molecule has 106 valence electrons. The fraction of sp³-hybridized carbons (Fsp3) is 0.235. The summed E-state index contributed by atoms with van der Waals surface area (Å²) in [4.78, 5) is 10.5. The molecule has 0 saturated carbocycles. The molecule has 0 spiro atoms. The van der Waals surface area contributed by atoms with Crippen LogP contribution in [-0.4, -0.2) is 16.2 Å². The van der Waals surface area contributed by atoms with Crippen LogP contribution in [-0.2, 0) is 0 Å². The van der Waals surface area contributed by atoms with Gasteiger partial charge in [-0.05, 0) is 56.5 Å². The number of phenols is 1. The largest absolute Gasteiger partial charge is 0.508 e. The number of carboxylic acid groups (broad SMARTS) is 1. The predicted molar refractivity (Wildman–Crippen MR) is 80.5 cm³/mol. The molecular formula is C17H20O3. The van der Waals surface area contributed by atoms with E-state index in [0.717, 1.165) is 22.3 Å². The number of rotatable bonds is 1. The summed E-state index contributed by atoms with van der Waals surface area (Å²) in [6.07, 6.45) is 0. The Morgan fingerprint density at radius 3 is 1.85 bits per heavy atom. The number of phenolic OH excluding ortho intramolecular Hbond substituents is 1. The van der Waals surface area contributed by atoms with Crippen LogP contribution in [0.4, 0.5) is 0 Å². The Kier molecular flexibility index (Phi) is 5.32. The second-order valence-electron chi connectivity index (χ2n) is 4.91. The Morgan fingerprint density at radius 2 is 1.40 bits per heavy atom. The van der Waals surface area contributed by atoms with Crippen molar-refractivity contribution in [3.05, 3.63) is 64.2 Å². The van der Waals surface area contributed by atoms with Crippen molar-refractivity contribution in [2.24, 2.45) is 0 Å². The zero-order chi connectivity index (χ0) is 15.3. The predicted octanol–water partition coefficient (Wildman–Crippen LogP) is 4.01. The summed E-state index contributed by atoms with van der Waals surface area (Å²) in [5, 5.41) is 17.8. The van der Waals surface area contributed by atoms with Gasteiger partial charge in [-0.15, -0.1) is 0 Å². The van der Waals surface area contributed by atoms with Crippen molar-refractivity contribution in [3.8, 4) is 5.75 Å². The van der Waals surface area contributed by atoms with Gasteiger partial charge in [0.15, 0.2) is 0 Å². The van der Waals surface area contributed by atoms with Crippen molar-refractivity contribution in [2.75, 3.05) is 0 Å². The van der Waals surface area contributed by atoms with Crippen LogP contribution in [0, 0.1) is 27.7 Å². The lowest BCUT2D eigenvalue weighted by Crippen LogP contribution is -1.99. The molecule has 2 aromatic carbocycles. The highest BCUT2D eigenvalue weighted by atomic mass is 16.4. The molecule has 0 bridgehead atoms. The number of carbonyl (C=O) groups is 1. The molecule has 20 heavy (non-hydrogen) atoms. The number of aromatic hydroxyl groups is 1. The van der Waals surface area contributed by atoms with E-state index >= 15 is 0 Å². The lowest BCUT2D eigenvalue weighted by atomic mass is 10.1. The summed E-state index contributed by atoms with van der Waals surface area (Å²) in [6, 6.07) is 10.9. The maximum absolute atomic E-state index is 10.5. The Balaban J connectivity index is 0.000000204. The molecule has 0 heterocycles. The minimum atomic E-state index is -0.859. The summed E-state index contributed by atoms with van der Waals surface area (Å²) >= 11 is 0. The third kappa shape index (κ3) is 4.43. The van der Waals surface area contributed by atoms with Gasteiger partial charge in [0.1, 0.15) is 5.75 Å². The van der Waals surface area contributed by atoms with Crippen molar-refractivity contribution in [1.82, 2.24) is 0 Å². The van der Waals surface area contributed by atoms with Gasteiger partial charge in [0, 0.05) is 0 Å². The van der Waals surface area contributed by atoms with Gasteiger partial charge in [-0.3, -0.25) is 0 Å². The van der Waals surface area contributed by atoms with E-state index in [4.69, 9.17) is 10.2 Å². The number of benzene rings is 2. The number of aromatic carboxylic acids is 1. The Labute approximate surface area is 119 Å². The van der Waals surface area contributed by atoms with Gasteiger partial charge < -0.3 is 10.2 Å². The Bertz CT molecular complexity index is 616. The van der Waals surface area contributed by atoms with Gasteiger partial charge in [-0.2, -0.15) is 0 Å². The summed E-state index contributed by atoms with van der Waals surface area (Å²) in [5.41, 5.74) is 4.32. The molecule has 2 rings (SSSR count). The molecular weight excluding hydrogens is 252 g/mol. The standard InChI is InChI=1S/C9H10O2.C8H10O/c1-6-3-4-8(9(10)11)7(2)5-6;1-6-3-4-7(2)8(9)5-6/h3-5H,1-2H3,(H,10,11);3-5,9H,1-2H3. The molecule has 0 amide bonds. The lowest BCUT2D eigenvalue weighted by Gasteiger charge is -2.00. The van der Waals surface area contributed by atoms with E-state index in [2.05, 4.69) is 0 Å². The van der Waals surface area contributed by atoms with E-state index in [0.29, 0.717) is 11.3 Å². The molecule has 2 aromatic rings. The molecule has 0 aliphatic heterocycles. The number of carboxylic acids is 1. The fourth-order valence-electron chi connectivity index (χ4n) is 1.77. The molecule has 0 aliphatic carbocycles. The van der Waals surface area contributed by atoms with E-state index in [1.165, 1.54) is 0 Å². The van der Waals surface area contributed by atoms with E-state index in [1.54, 1.807) is 25.1 Å². The topological polar surface area (TPSA) is 57.5 Å². The Morgan fingerprint density at radius 1 is 0.850 bits per heavy atom. The quantitative estimate of drug-likeness (QED) is 0.824. The molecule has 0 aromatic heterocycles. The van der Waals surface area contributed by atoms with Crippen LogP contribution < -0.4 is 0 Å². The first-order chi connectivity index (χ1) is 9.31. The van der Waals surface area contributed by atoms with Gasteiger partial charge in [-0.25, -0.2) is 4.79 Å². The van der Waals surface area contributed by atoms with Gasteiger partial charge in [0.25, 0.3) is 0 Å². The maximum Gasteiger partial charge on any atom is 0.335 e. The first-order valence-electron chi connectivity index (χ1n) is 6.38. The SMILES string of the molecule is Cc1ccc(C(=O)O)c(C)c1.Cc1ccc(C)c(O)c1. The second kappa shape index (κ2) is 6.75. The first kappa shape index (κ1) is 15.8. The molecule has 3 heteroatoms. The van der Waals surface area contributed by atoms with Gasteiger partial charge in [-0.1, -0.05) is 29.8 Å². The monoisotopic (exact) mass is 272 g/mol. The lowest BCUT2D eigenvalue weighted by molar-refractivity contribution is 0.0696. The van der Waals surface area contributed by atoms with Crippen LogP contribution in [0.5, 0.6) is 5.75 Å². The number of hydrogen-bond donors (Lipinski definition) is 2. The molecule has 0 saturated heterocycles. The summed E-state index contributed by atoms with van der Waals surface area (Å²) in [7, 11) is 0. The van der Waals surface area contributed by atoms with E-state index in [1.807, 2.05) is 39.0 Å². The average molecular weight is 272 g/mol. The van der Waals surface area contributed by atoms with Crippen molar-refractivity contribution < 1.29 is 15.0 Å². The summed E-state index contributed by atoms with van der Waals surface area (Å²) < 4.78 is 0. The molecule has 0 fully saturated rings. The average Bonchev–Trinajstić information content (AvgIpc) is 2.34. The third-order valence-corrected chi connectivity index (χ3v) is 2.98. The van der Waals surface area contributed by atoms with Crippen molar-refractivity contribution in [3.63, 3.8) is 0 Å². The van der Waals surface area contributed by atoms with Gasteiger partial charge in [0.2, 0.25) is 0 Å². The molecule has 0 atom stereocenters. The molecule has 0 radical (unpaired) electrons. The van der Waals surface area contributed by atoms with Crippen molar-refractivity contribution in [1.29, 1.82) is 0 Å². The van der Waals surface area contributed by atoms with Crippen LogP contribution in [0.2, 0.25) is 0 Å². The highest BCUT2D eigenvalue weighted by Crippen LogP contribution is 2.16. The minimum Gasteiger partial charge on any atom is -0.508 e. The zero-order valence-corrected chi connectivity index (χ0v) is 12.3. The highest BCUT2D eigenvalue weighted by molar-refractivity contribution is 5.89. The van der Waals surface area contributed by atoms with Crippen LogP contribution in [0.15, 0.2) is 36.4 Å². The first-order valence-corrected chi connectivity index (χ1v) is 6.38. The van der Waals surface area contributed by atoms with E-state index in [9.17, 15) is 4.79 Å². The third-order valence-electron chi connectivity index (χ3n) is 2.98. The van der Waals surface area contributed by atoms with Gasteiger partial charge >= 0.3 is 5.97 Å². The van der Waals surface area contributed by atoms with Crippen molar-refractivity contribution >= 4 is 5.97 Å². The second-order valence-corrected chi connectivity index (χ2v) is 4.91. The minimum absolute atomic E-state index is 0.384. The fourth-order valence-corrected chi connectivity index (χ4v) is 1.77. The smallest absolute Gasteiger partial charge is 0.335 e. The highest BCUT2D eigenvalue weighted by Gasteiger charge is 2.04. The number of hydrogen-bond acceptors (Lipinski definition) is 2. The zero-order valence-electron chi connectivity index (χ0n) is 12.3. The maximum atomic E-state index is 10.5. The van der Waals surface area contributed by atoms with Crippen LogP contribution in [0.1, 0.15) is 32.6 Å². The normalized spacial score (nSPS) is 9.60. The molecule has 2 N–H and O–H groups in total. The number of aryl methyl sites for hydroxylation is 4. The molecule has 0 unspecified atom stereocenters. The van der Waals surface area contributed by atoms with Crippen LogP contribution in [0.25, 0.3) is 0 Å². The molecule has 0 aliphatic rings. The summed E-state index contributed by atoms with van der Waals surface area (Å²) in [6.45, 7) is 7.59. The molecule has 3 nitrogen and oxygen atoms in total. The van der Waals surface area contributed by atoms with Gasteiger partial charge in [0.05, 0.1) is 5.56 Å². The summed E-state index contributed by atoms with van der Waals surface area (Å²) in [5.74, 6) is -0.475. The van der Waals surface area contributed by atoms with Crippen LogP contribution in [0.3, 0.4) is 0 Å².